The van der Waals surface area contributed by atoms with Crippen molar-refractivity contribution in [1.82, 2.24) is 10.2 Å². The molecule has 1 aromatic heterocycles. The second-order valence-electron chi connectivity index (χ2n) is 7.99. The molecule has 1 aliphatic heterocycles. The minimum Gasteiger partial charge on any atom is -0.353 e. The molecule has 0 spiro atoms. The van der Waals surface area contributed by atoms with E-state index >= 15 is 0 Å². The third-order valence-electron chi connectivity index (χ3n) is 6.21. The van der Waals surface area contributed by atoms with Crippen LogP contribution in [-0.4, -0.2) is 28.8 Å². The van der Waals surface area contributed by atoms with Gasteiger partial charge in [-0.1, -0.05) is 44.0 Å². The molecular formula is C23H28N2O2S. The molecule has 28 heavy (non-hydrogen) atoms. The van der Waals surface area contributed by atoms with Crippen LogP contribution in [0.5, 0.6) is 0 Å². The van der Waals surface area contributed by atoms with Crippen molar-refractivity contribution < 1.29 is 9.59 Å². The fraction of sp³-hybridized carbons (Fsp3) is 0.478. The van der Waals surface area contributed by atoms with Crippen molar-refractivity contribution in [1.29, 1.82) is 0 Å². The largest absolute Gasteiger partial charge is 0.353 e. The molecule has 1 aromatic carbocycles. The maximum absolute atomic E-state index is 13.6. The molecule has 2 aliphatic rings. The molecule has 2 aromatic rings. The highest BCUT2D eigenvalue weighted by atomic mass is 32.1. The molecule has 0 bridgehead atoms. The van der Waals surface area contributed by atoms with E-state index in [1.54, 1.807) is 11.3 Å². The topological polar surface area (TPSA) is 49.4 Å². The van der Waals surface area contributed by atoms with Gasteiger partial charge in [0.1, 0.15) is 0 Å². The van der Waals surface area contributed by atoms with Gasteiger partial charge in [0.15, 0.2) is 0 Å². The van der Waals surface area contributed by atoms with Crippen LogP contribution in [0.15, 0.2) is 41.8 Å². The zero-order chi connectivity index (χ0) is 19.7. The van der Waals surface area contributed by atoms with Crippen molar-refractivity contribution in [3.05, 3.63) is 57.8 Å². The van der Waals surface area contributed by atoms with Crippen LogP contribution in [0.1, 0.15) is 78.7 Å². The summed E-state index contributed by atoms with van der Waals surface area (Å²) in [5.74, 6) is -0.272. The predicted octanol–water partition coefficient (Wildman–Crippen LogP) is 4.89. The Morgan fingerprint density at radius 2 is 1.96 bits per heavy atom. The molecule has 148 valence electrons. The molecule has 2 heterocycles. The van der Waals surface area contributed by atoms with Crippen LogP contribution >= 0.6 is 11.3 Å². The molecule has 5 heteroatoms. The number of benzene rings is 1. The van der Waals surface area contributed by atoms with Gasteiger partial charge in [-0.2, -0.15) is 0 Å². The first-order valence-electron chi connectivity index (χ1n) is 10.4. The Balaban J connectivity index is 1.84. The first kappa shape index (κ1) is 19.2. The predicted molar refractivity (Wildman–Crippen MR) is 113 cm³/mol. The van der Waals surface area contributed by atoms with Crippen molar-refractivity contribution in [2.45, 2.75) is 70.0 Å². The normalized spacial score (nSPS) is 23.5. The van der Waals surface area contributed by atoms with E-state index in [2.05, 4.69) is 18.3 Å². The molecule has 1 aliphatic carbocycles. The fourth-order valence-electron chi connectivity index (χ4n) is 4.61. The first-order chi connectivity index (χ1) is 13.6. The van der Waals surface area contributed by atoms with Gasteiger partial charge < -0.3 is 10.2 Å². The quantitative estimate of drug-likeness (QED) is 0.782. The minimum absolute atomic E-state index is 0.0238. The molecule has 2 amide bonds. The lowest BCUT2D eigenvalue weighted by Gasteiger charge is -2.44. The Morgan fingerprint density at radius 3 is 2.64 bits per heavy atom. The molecule has 4 nitrogen and oxygen atoms in total. The molecule has 0 radical (unpaired) electrons. The van der Waals surface area contributed by atoms with Gasteiger partial charge in [-0.3, -0.25) is 9.59 Å². The Morgan fingerprint density at radius 1 is 1.21 bits per heavy atom. The molecule has 1 N–H and O–H groups in total. The standard InChI is InChI=1S/C23H28N2O2S/c1-3-15(2)24-22(26)20-17-11-6-7-12-18(17)23(27)25(16-9-4-5-10-16)21(20)19-13-8-14-28-19/h6-8,11-16,20-21H,3-5,9-10H2,1-2H3,(H,24,26). The SMILES string of the molecule is CCC(C)NC(=O)C1c2ccccc2C(=O)N(C2CCCC2)C1c1cccs1. The summed E-state index contributed by atoms with van der Waals surface area (Å²) in [6.07, 6.45) is 5.23. The van der Waals surface area contributed by atoms with Crippen LogP contribution in [0.4, 0.5) is 0 Å². The summed E-state index contributed by atoms with van der Waals surface area (Å²) >= 11 is 1.64. The lowest BCUT2D eigenvalue weighted by molar-refractivity contribution is -0.125. The second-order valence-corrected chi connectivity index (χ2v) is 8.97. The molecule has 3 atom stereocenters. The third-order valence-corrected chi connectivity index (χ3v) is 7.16. The Labute approximate surface area is 170 Å². The number of carbonyl (C=O) groups is 2. The van der Waals surface area contributed by atoms with E-state index < -0.39 is 0 Å². The van der Waals surface area contributed by atoms with E-state index in [1.165, 1.54) is 0 Å². The van der Waals surface area contributed by atoms with Crippen LogP contribution in [0, 0.1) is 0 Å². The summed E-state index contributed by atoms with van der Waals surface area (Å²) in [4.78, 5) is 30.2. The number of fused-ring (bicyclic) bond motifs is 1. The van der Waals surface area contributed by atoms with Gasteiger partial charge in [-0.25, -0.2) is 0 Å². The maximum atomic E-state index is 13.6. The molecule has 3 unspecified atom stereocenters. The van der Waals surface area contributed by atoms with Gasteiger partial charge in [-0.15, -0.1) is 11.3 Å². The number of hydrogen-bond acceptors (Lipinski definition) is 3. The Hall–Kier alpha value is -2.14. The van der Waals surface area contributed by atoms with E-state index in [0.29, 0.717) is 5.56 Å². The minimum atomic E-state index is -0.373. The van der Waals surface area contributed by atoms with E-state index in [9.17, 15) is 9.59 Å². The fourth-order valence-corrected chi connectivity index (χ4v) is 5.48. The van der Waals surface area contributed by atoms with Gasteiger partial charge >= 0.3 is 0 Å². The number of carbonyl (C=O) groups excluding carboxylic acids is 2. The molecule has 0 saturated heterocycles. The number of hydrogen-bond donors (Lipinski definition) is 1. The number of thiophene rings is 1. The van der Waals surface area contributed by atoms with Gasteiger partial charge in [0, 0.05) is 22.5 Å². The summed E-state index contributed by atoms with van der Waals surface area (Å²) in [6.45, 7) is 4.11. The van der Waals surface area contributed by atoms with E-state index in [-0.39, 0.29) is 35.9 Å². The molecule has 4 rings (SSSR count). The van der Waals surface area contributed by atoms with Crippen LogP contribution in [-0.2, 0) is 4.79 Å². The monoisotopic (exact) mass is 396 g/mol. The van der Waals surface area contributed by atoms with Crippen LogP contribution in [0.2, 0.25) is 0 Å². The highest BCUT2D eigenvalue weighted by molar-refractivity contribution is 7.10. The summed E-state index contributed by atoms with van der Waals surface area (Å²) in [7, 11) is 0. The average Bonchev–Trinajstić information content (AvgIpc) is 3.41. The van der Waals surface area contributed by atoms with Crippen molar-refractivity contribution in [3.63, 3.8) is 0 Å². The number of rotatable bonds is 5. The first-order valence-corrected chi connectivity index (χ1v) is 11.2. The third kappa shape index (κ3) is 3.37. The zero-order valence-corrected chi connectivity index (χ0v) is 17.4. The molecule has 1 saturated carbocycles. The Kier molecular flexibility index (Phi) is 5.54. The smallest absolute Gasteiger partial charge is 0.254 e. The summed E-state index contributed by atoms with van der Waals surface area (Å²) < 4.78 is 0. The number of nitrogens with zero attached hydrogens (tertiary/aromatic N) is 1. The number of nitrogens with one attached hydrogen (secondary N) is 1. The lowest BCUT2D eigenvalue weighted by Crippen LogP contribution is -2.51. The van der Waals surface area contributed by atoms with Crippen molar-refractivity contribution >= 4 is 23.2 Å². The highest BCUT2D eigenvalue weighted by Crippen LogP contribution is 2.47. The average molecular weight is 397 g/mol. The summed E-state index contributed by atoms with van der Waals surface area (Å²) in [5.41, 5.74) is 1.55. The highest BCUT2D eigenvalue weighted by Gasteiger charge is 2.47. The van der Waals surface area contributed by atoms with Gasteiger partial charge in [0.05, 0.1) is 12.0 Å². The van der Waals surface area contributed by atoms with Crippen molar-refractivity contribution in [2.24, 2.45) is 0 Å². The van der Waals surface area contributed by atoms with E-state index in [1.807, 2.05) is 47.5 Å². The Bertz CT molecular complexity index is 842. The van der Waals surface area contributed by atoms with Crippen molar-refractivity contribution in [3.8, 4) is 0 Å². The van der Waals surface area contributed by atoms with E-state index in [0.717, 1.165) is 42.5 Å². The zero-order valence-electron chi connectivity index (χ0n) is 16.6. The maximum Gasteiger partial charge on any atom is 0.254 e. The number of amides is 2. The van der Waals surface area contributed by atoms with Gasteiger partial charge in [-0.05, 0) is 49.3 Å². The summed E-state index contributed by atoms with van der Waals surface area (Å²) in [6, 6.07) is 11.9. The second kappa shape index (κ2) is 8.08. The lowest BCUT2D eigenvalue weighted by atomic mass is 9.80. The molecular weight excluding hydrogens is 368 g/mol. The van der Waals surface area contributed by atoms with Crippen LogP contribution in [0.3, 0.4) is 0 Å². The van der Waals surface area contributed by atoms with Gasteiger partial charge in [0.25, 0.3) is 5.91 Å². The summed E-state index contributed by atoms with van der Waals surface area (Å²) in [5, 5.41) is 5.22. The molecule has 1 fully saturated rings. The van der Waals surface area contributed by atoms with E-state index in [4.69, 9.17) is 0 Å². The van der Waals surface area contributed by atoms with Crippen LogP contribution in [0.25, 0.3) is 0 Å². The van der Waals surface area contributed by atoms with Crippen molar-refractivity contribution in [2.75, 3.05) is 0 Å². The van der Waals surface area contributed by atoms with Gasteiger partial charge in [0.2, 0.25) is 5.91 Å². The van der Waals surface area contributed by atoms with Crippen LogP contribution < -0.4 is 5.32 Å².